The fourth-order valence-electron chi connectivity index (χ4n) is 3.47. The molecule has 34 heavy (non-hydrogen) atoms. The number of hydrogen-bond donors (Lipinski definition) is 3. The molecule has 7 nitrogen and oxygen atoms in total. The van der Waals surface area contributed by atoms with Crippen molar-refractivity contribution in [2.45, 2.75) is 24.3 Å². The van der Waals surface area contributed by atoms with E-state index in [2.05, 4.69) is 10.0 Å². The maximum Gasteiger partial charge on any atom is 0.345 e. The summed E-state index contributed by atoms with van der Waals surface area (Å²) in [6.07, 6.45) is 0.154. The number of rotatable bonds is 8. The number of hydrogen-bond acceptors (Lipinski definition) is 5. The van der Waals surface area contributed by atoms with Gasteiger partial charge in [0, 0.05) is 10.4 Å². The van der Waals surface area contributed by atoms with Gasteiger partial charge in [-0.1, -0.05) is 48.0 Å². The van der Waals surface area contributed by atoms with Crippen LogP contribution in [0.4, 0.5) is 5.69 Å². The molecule has 1 unspecified atom stereocenters. The number of benzene rings is 3. The number of thiophene rings is 1. The first-order valence-electron chi connectivity index (χ1n) is 10.4. The Labute approximate surface area is 201 Å². The summed E-state index contributed by atoms with van der Waals surface area (Å²) in [5, 5.41) is 12.7. The van der Waals surface area contributed by atoms with Crippen molar-refractivity contribution in [3.8, 4) is 0 Å². The van der Waals surface area contributed by atoms with Crippen LogP contribution in [0.15, 0.2) is 83.8 Å². The number of nitrogens with one attached hydrogen (secondary N) is 2. The van der Waals surface area contributed by atoms with Crippen LogP contribution in [0.25, 0.3) is 10.1 Å². The lowest BCUT2D eigenvalue weighted by Crippen LogP contribution is -2.45. The number of sulfonamides is 1. The van der Waals surface area contributed by atoms with Crippen LogP contribution in [0.2, 0.25) is 0 Å². The summed E-state index contributed by atoms with van der Waals surface area (Å²) >= 11 is 1.14. The molecule has 3 aromatic carbocycles. The van der Waals surface area contributed by atoms with Crippen molar-refractivity contribution in [3.05, 3.63) is 94.9 Å². The number of aromatic carboxylic acids is 1. The molecule has 1 amide bonds. The van der Waals surface area contributed by atoms with E-state index in [0.717, 1.165) is 27.2 Å². The van der Waals surface area contributed by atoms with Gasteiger partial charge in [0.2, 0.25) is 15.9 Å². The van der Waals surface area contributed by atoms with Crippen molar-refractivity contribution in [2.75, 3.05) is 5.32 Å². The highest BCUT2D eigenvalue weighted by Gasteiger charge is 2.26. The van der Waals surface area contributed by atoms with Crippen LogP contribution in [0.1, 0.15) is 20.8 Å². The standard InChI is InChI=1S/C25H22N2O5S2/c1-16-7-10-20(11-8-16)34(31,32)27-21(13-17-5-3-2-4-6-17)24(28)26-19-9-12-22-18(14-19)15-23(33-22)25(29)30/h2-12,14-15,21,27H,13H2,1H3,(H,26,28)(H,29,30). The van der Waals surface area contributed by atoms with Crippen LogP contribution in [-0.2, 0) is 21.2 Å². The molecule has 3 N–H and O–H groups in total. The molecule has 174 valence electrons. The largest absolute Gasteiger partial charge is 0.477 e. The summed E-state index contributed by atoms with van der Waals surface area (Å²) in [7, 11) is -3.95. The van der Waals surface area contributed by atoms with E-state index in [9.17, 15) is 23.1 Å². The molecular formula is C25H22N2O5S2. The van der Waals surface area contributed by atoms with Crippen LogP contribution in [-0.4, -0.2) is 31.4 Å². The fourth-order valence-corrected chi connectivity index (χ4v) is 5.54. The van der Waals surface area contributed by atoms with E-state index >= 15 is 0 Å². The zero-order valence-electron chi connectivity index (χ0n) is 18.2. The highest BCUT2D eigenvalue weighted by Crippen LogP contribution is 2.28. The Morgan fingerprint density at radius 3 is 2.35 bits per heavy atom. The van der Waals surface area contributed by atoms with Gasteiger partial charge in [-0.3, -0.25) is 4.79 Å². The Balaban J connectivity index is 1.60. The number of carbonyl (C=O) groups excluding carboxylic acids is 1. The number of amides is 1. The average molecular weight is 495 g/mol. The minimum Gasteiger partial charge on any atom is -0.477 e. The highest BCUT2D eigenvalue weighted by atomic mass is 32.2. The van der Waals surface area contributed by atoms with Crippen molar-refractivity contribution in [2.24, 2.45) is 0 Å². The molecular weight excluding hydrogens is 472 g/mol. The summed E-state index contributed by atoms with van der Waals surface area (Å²) in [5.41, 5.74) is 2.17. The quantitative estimate of drug-likeness (QED) is 0.335. The fraction of sp³-hybridized carbons (Fsp3) is 0.120. The van der Waals surface area contributed by atoms with Crippen molar-refractivity contribution in [1.82, 2.24) is 4.72 Å². The van der Waals surface area contributed by atoms with E-state index in [-0.39, 0.29) is 16.2 Å². The second kappa shape index (κ2) is 9.76. The van der Waals surface area contributed by atoms with Crippen molar-refractivity contribution < 1.29 is 23.1 Å². The van der Waals surface area contributed by atoms with Gasteiger partial charge in [-0.2, -0.15) is 4.72 Å². The zero-order valence-corrected chi connectivity index (χ0v) is 19.8. The average Bonchev–Trinajstić information content (AvgIpc) is 3.23. The maximum absolute atomic E-state index is 13.2. The third-order valence-corrected chi connectivity index (χ3v) is 7.81. The second-order valence-corrected chi connectivity index (χ2v) is 10.6. The Kier molecular flexibility index (Phi) is 6.78. The number of carboxylic acid groups (broad SMARTS) is 1. The molecule has 0 aliphatic rings. The third kappa shape index (κ3) is 5.51. The molecule has 1 aromatic heterocycles. The van der Waals surface area contributed by atoms with Gasteiger partial charge in [-0.25, -0.2) is 13.2 Å². The Bertz CT molecular complexity index is 1450. The SMILES string of the molecule is Cc1ccc(S(=O)(=O)NC(Cc2ccccc2)C(=O)Nc2ccc3sc(C(=O)O)cc3c2)cc1. The van der Waals surface area contributed by atoms with Crippen LogP contribution < -0.4 is 10.0 Å². The smallest absolute Gasteiger partial charge is 0.345 e. The summed E-state index contributed by atoms with van der Waals surface area (Å²) in [6, 6.07) is 21.1. The Hall–Kier alpha value is -3.53. The molecule has 0 spiro atoms. The monoisotopic (exact) mass is 494 g/mol. The summed E-state index contributed by atoms with van der Waals surface area (Å²) in [4.78, 5) is 24.7. The molecule has 4 rings (SSSR count). The van der Waals surface area contributed by atoms with Gasteiger partial charge in [0.15, 0.2) is 0 Å². The van der Waals surface area contributed by atoms with Gasteiger partial charge in [-0.05, 0) is 60.7 Å². The van der Waals surface area contributed by atoms with Gasteiger partial charge in [-0.15, -0.1) is 11.3 Å². The number of carbonyl (C=O) groups is 2. The first-order valence-corrected chi connectivity index (χ1v) is 12.7. The second-order valence-electron chi connectivity index (χ2n) is 7.83. The molecule has 1 atom stereocenters. The predicted molar refractivity (Wildman–Crippen MR) is 133 cm³/mol. The molecule has 0 aliphatic carbocycles. The highest BCUT2D eigenvalue weighted by molar-refractivity contribution is 7.89. The van der Waals surface area contributed by atoms with Gasteiger partial charge in [0.05, 0.1) is 4.90 Å². The molecule has 4 aromatic rings. The zero-order chi connectivity index (χ0) is 24.3. The molecule has 0 aliphatic heterocycles. The first kappa shape index (κ1) is 23.6. The lowest BCUT2D eigenvalue weighted by Gasteiger charge is -2.19. The topological polar surface area (TPSA) is 113 Å². The van der Waals surface area contributed by atoms with Crippen LogP contribution >= 0.6 is 11.3 Å². The lowest BCUT2D eigenvalue weighted by atomic mass is 10.1. The molecule has 1 heterocycles. The van der Waals surface area contributed by atoms with E-state index in [1.165, 1.54) is 12.1 Å². The minimum absolute atomic E-state index is 0.0739. The first-order chi connectivity index (χ1) is 16.2. The number of aryl methyl sites for hydroxylation is 1. The normalized spacial score (nSPS) is 12.4. The molecule has 0 saturated carbocycles. The maximum atomic E-state index is 13.2. The summed E-state index contributed by atoms with van der Waals surface area (Å²) in [5.74, 6) is -1.53. The van der Waals surface area contributed by atoms with E-state index in [4.69, 9.17) is 0 Å². The molecule has 0 radical (unpaired) electrons. The predicted octanol–water partition coefficient (Wildman–Crippen LogP) is 4.44. The molecule has 0 saturated heterocycles. The number of anilines is 1. The van der Waals surface area contributed by atoms with Gasteiger partial charge in [0.25, 0.3) is 0 Å². The summed E-state index contributed by atoms with van der Waals surface area (Å²) in [6.45, 7) is 1.86. The molecule has 0 fully saturated rings. The van der Waals surface area contributed by atoms with E-state index in [1.54, 1.807) is 36.4 Å². The van der Waals surface area contributed by atoms with Crippen LogP contribution in [0.5, 0.6) is 0 Å². The minimum atomic E-state index is -3.95. The third-order valence-electron chi connectivity index (χ3n) is 5.22. The molecule has 0 bridgehead atoms. The van der Waals surface area contributed by atoms with E-state index < -0.39 is 27.9 Å². The van der Waals surface area contributed by atoms with Crippen LogP contribution in [0, 0.1) is 6.92 Å². The van der Waals surface area contributed by atoms with E-state index in [1.807, 2.05) is 37.3 Å². The lowest BCUT2D eigenvalue weighted by molar-refractivity contribution is -0.117. The van der Waals surface area contributed by atoms with Crippen molar-refractivity contribution in [3.63, 3.8) is 0 Å². The van der Waals surface area contributed by atoms with Gasteiger partial charge >= 0.3 is 5.97 Å². The van der Waals surface area contributed by atoms with Crippen LogP contribution in [0.3, 0.4) is 0 Å². The van der Waals surface area contributed by atoms with Crippen molar-refractivity contribution >= 4 is 49.0 Å². The van der Waals surface area contributed by atoms with Gasteiger partial charge < -0.3 is 10.4 Å². The van der Waals surface area contributed by atoms with Gasteiger partial charge in [0.1, 0.15) is 10.9 Å². The number of carboxylic acids is 1. The Morgan fingerprint density at radius 2 is 1.68 bits per heavy atom. The van der Waals surface area contributed by atoms with Crippen molar-refractivity contribution in [1.29, 1.82) is 0 Å². The molecule has 9 heteroatoms. The van der Waals surface area contributed by atoms with E-state index in [0.29, 0.717) is 11.1 Å². The Morgan fingerprint density at radius 1 is 0.971 bits per heavy atom. The summed E-state index contributed by atoms with van der Waals surface area (Å²) < 4.78 is 29.3. The number of fused-ring (bicyclic) bond motifs is 1.